The third-order valence-electron chi connectivity index (χ3n) is 4.23. The van der Waals surface area contributed by atoms with Crippen molar-refractivity contribution in [2.24, 2.45) is 4.99 Å². The summed E-state index contributed by atoms with van der Waals surface area (Å²) in [4.78, 5) is 17.7. The van der Waals surface area contributed by atoms with Crippen LogP contribution in [0.3, 0.4) is 0 Å². The molecule has 0 saturated heterocycles. The molecule has 0 atom stereocenters. The average Bonchev–Trinajstić information content (AvgIpc) is 2.92. The number of amides is 1. The van der Waals surface area contributed by atoms with Crippen molar-refractivity contribution in [2.75, 3.05) is 13.2 Å². The van der Waals surface area contributed by atoms with Gasteiger partial charge in [-0.1, -0.05) is 33.3 Å². The molecule has 0 bridgehead atoms. The van der Waals surface area contributed by atoms with Gasteiger partial charge in [0.25, 0.3) is 5.91 Å². The quantitative estimate of drug-likeness (QED) is 0.540. The Labute approximate surface area is 165 Å². The Balaban J connectivity index is 2.10. The maximum atomic E-state index is 12.6. The number of aromatic nitrogens is 1. The van der Waals surface area contributed by atoms with E-state index in [-0.39, 0.29) is 5.91 Å². The first-order valence-electron chi connectivity index (χ1n) is 8.52. The molecule has 0 radical (unpaired) electrons. The summed E-state index contributed by atoms with van der Waals surface area (Å²) in [5.41, 5.74) is 4.13. The molecule has 0 fully saturated rings. The predicted octanol–water partition coefficient (Wildman–Crippen LogP) is 4.86. The summed E-state index contributed by atoms with van der Waals surface area (Å²) < 4.78 is 9.60. The number of ether oxygens (including phenoxy) is 1. The van der Waals surface area contributed by atoms with E-state index >= 15 is 0 Å². The lowest BCUT2D eigenvalue weighted by atomic mass is 10.1. The van der Waals surface area contributed by atoms with E-state index in [2.05, 4.69) is 51.5 Å². The first-order valence-corrected chi connectivity index (χ1v) is 10.1. The Morgan fingerprint density at radius 2 is 2.00 bits per heavy atom. The van der Waals surface area contributed by atoms with Gasteiger partial charge in [0.15, 0.2) is 4.80 Å². The fourth-order valence-corrected chi connectivity index (χ4v) is 4.23. The van der Waals surface area contributed by atoms with E-state index in [9.17, 15) is 4.79 Å². The van der Waals surface area contributed by atoms with Crippen molar-refractivity contribution in [3.8, 4) is 0 Å². The number of halogens is 1. The lowest BCUT2D eigenvalue weighted by Gasteiger charge is -2.07. The van der Waals surface area contributed by atoms with Crippen LogP contribution in [0.25, 0.3) is 10.2 Å². The topological polar surface area (TPSA) is 43.6 Å². The molecule has 6 heteroatoms. The largest absolute Gasteiger partial charge is 0.380 e. The Hall–Kier alpha value is -1.76. The zero-order valence-electron chi connectivity index (χ0n) is 15.1. The molecule has 4 nitrogen and oxygen atoms in total. The molecule has 3 aromatic rings. The van der Waals surface area contributed by atoms with Crippen LogP contribution in [0, 0.1) is 13.8 Å². The van der Waals surface area contributed by atoms with E-state index in [1.165, 1.54) is 11.1 Å². The first kappa shape index (κ1) is 19.0. The number of nitrogens with zero attached hydrogens (tertiary/aromatic N) is 2. The standard InChI is InChI=1S/C20H21BrN2O2S/c1-4-25-9-8-23-17-10-13(2)14(3)11-18(17)26-20(23)22-19(24)15-6-5-7-16(21)12-15/h5-7,10-12H,4,8-9H2,1-3H3. The molecular weight excluding hydrogens is 412 g/mol. The molecule has 1 amide bonds. The summed E-state index contributed by atoms with van der Waals surface area (Å²) in [7, 11) is 0. The molecule has 0 aliphatic heterocycles. The molecular formula is C20H21BrN2O2S. The van der Waals surface area contributed by atoms with Crippen LogP contribution in [0.1, 0.15) is 28.4 Å². The Kier molecular flexibility index (Phi) is 6.06. The summed E-state index contributed by atoms with van der Waals surface area (Å²) in [6.07, 6.45) is 0. The van der Waals surface area contributed by atoms with Gasteiger partial charge in [-0.15, -0.1) is 0 Å². The number of rotatable bonds is 5. The monoisotopic (exact) mass is 432 g/mol. The van der Waals surface area contributed by atoms with Crippen LogP contribution in [0.5, 0.6) is 0 Å². The summed E-state index contributed by atoms with van der Waals surface area (Å²) in [6, 6.07) is 11.6. The van der Waals surface area contributed by atoms with Gasteiger partial charge in [-0.25, -0.2) is 0 Å². The average molecular weight is 433 g/mol. The molecule has 0 spiro atoms. The van der Waals surface area contributed by atoms with E-state index in [4.69, 9.17) is 4.74 Å². The molecule has 136 valence electrons. The molecule has 1 aromatic heterocycles. The smallest absolute Gasteiger partial charge is 0.279 e. The number of hydrogen-bond donors (Lipinski definition) is 0. The number of fused-ring (bicyclic) bond motifs is 1. The number of aryl methyl sites for hydroxylation is 2. The number of hydrogen-bond acceptors (Lipinski definition) is 3. The minimum absolute atomic E-state index is 0.239. The first-order chi connectivity index (χ1) is 12.5. The van der Waals surface area contributed by atoms with Crippen LogP contribution in [-0.2, 0) is 11.3 Å². The van der Waals surface area contributed by atoms with Gasteiger partial charge in [0, 0.05) is 23.2 Å². The normalized spacial score (nSPS) is 12.1. The molecule has 0 aliphatic rings. The van der Waals surface area contributed by atoms with Gasteiger partial charge in [0.2, 0.25) is 0 Å². The van der Waals surface area contributed by atoms with E-state index < -0.39 is 0 Å². The van der Waals surface area contributed by atoms with Crippen molar-refractivity contribution in [3.63, 3.8) is 0 Å². The number of carbonyl (C=O) groups is 1. The molecule has 0 saturated carbocycles. The van der Waals surface area contributed by atoms with Gasteiger partial charge in [-0.05, 0) is 62.2 Å². The van der Waals surface area contributed by atoms with E-state index in [1.807, 2.05) is 19.1 Å². The number of benzene rings is 2. The summed E-state index contributed by atoms with van der Waals surface area (Å²) in [6.45, 7) is 8.11. The highest BCUT2D eigenvalue weighted by atomic mass is 79.9. The van der Waals surface area contributed by atoms with Crippen LogP contribution in [0.4, 0.5) is 0 Å². The van der Waals surface area contributed by atoms with E-state index in [0.717, 1.165) is 14.7 Å². The minimum Gasteiger partial charge on any atom is -0.380 e. The summed E-state index contributed by atoms with van der Waals surface area (Å²) >= 11 is 4.94. The zero-order valence-corrected chi connectivity index (χ0v) is 17.5. The molecule has 0 aliphatic carbocycles. The van der Waals surface area contributed by atoms with Crippen molar-refractivity contribution >= 4 is 43.4 Å². The van der Waals surface area contributed by atoms with Crippen LogP contribution in [-0.4, -0.2) is 23.7 Å². The van der Waals surface area contributed by atoms with Gasteiger partial charge in [-0.2, -0.15) is 4.99 Å². The lowest BCUT2D eigenvalue weighted by Crippen LogP contribution is -2.19. The maximum Gasteiger partial charge on any atom is 0.279 e. The number of thiazole rings is 1. The van der Waals surface area contributed by atoms with E-state index in [0.29, 0.717) is 30.1 Å². The van der Waals surface area contributed by atoms with E-state index in [1.54, 1.807) is 23.5 Å². The highest BCUT2D eigenvalue weighted by Crippen LogP contribution is 2.22. The van der Waals surface area contributed by atoms with Crippen molar-refractivity contribution in [3.05, 3.63) is 62.4 Å². The van der Waals surface area contributed by atoms with Crippen molar-refractivity contribution in [2.45, 2.75) is 27.3 Å². The third-order valence-corrected chi connectivity index (χ3v) is 5.76. The van der Waals surface area contributed by atoms with Crippen LogP contribution < -0.4 is 4.80 Å². The van der Waals surface area contributed by atoms with Gasteiger partial charge in [0.1, 0.15) is 0 Å². The molecule has 0 N–H and O–H groups in total. The molecule has 2 aromatic carbocycles. The Morgan fingerprint density at radius 1 is 1.23 bits per heavy atom. The zero-order chi connectivity index (χ0) is 18.7. The lowest BCUT2D eigenvalue weighted by molar-refractivity contribution is 0.0996. The Bertz CT molecular complexity index is 1020. The third kappa shape index (κ3) is 4.14. The van der Waals surface area contributed by atoms with Gasteiger partial charge >= 0.3 is 0 Å². The second-order valence-electron chi connectivity index (χ2n) is 6.06. The molecule has 0 unspecified atom stereocenters. The summed E-state index contributed by atoms with van der Waals surface area (Å²) in [5, 5.41) is 0. The van der Waals surface area contributed by atoms with Gasteiger partial charge < -0.3 is 9.30 Å². The van der Waals surface area contributed by atoms with Gasteiger partial charge in [0.05, 0.1) is 16.8 Å². The van der Waals surface area contributed by atoms with Crippen LogP contribution >= 0.6 is 27.3 Å². The highest BCUT2D eigenvalue weighted by Gasteiger charge is 2.11. The molecule has 3 rings (SSSR count). The summed E-state index contributed by atoms with van der Waals surface area (Å²) in [5.74, 6) is -0.239. The van der Waals surface area contributed by atoms with Crippen molar-refractivity contribution in [1.82, 2.24) is 4.57 Å². The maximum absolute atomic E-state index is 12.6. The van der Waals surface area contributed by atoms with Gasteiger partial charge in [-0.3, -0.25) is 4.79 Å². The van der Waals surface area contributed by atoms with Crippen LogP contribution in [0.2, 0.25) is 0 Å². The number of carbonyl (C=O) groups excluding carboxylic acids is 1. The van der Waals surface area contributed by atoms with Crippen LogP contribution in [0.15, 0.2) is 45.9 Å². The van der Waals surface area contributed by atoms with Crippen molar-refractivity contribution < 1.29 is 9.53 Å². The SMILES string of the molecule is CCOCCn1c(=NC(=O)c2cccc(Br)c2)sc2cc(C)c(C)cc21. The second kappa shape index (κ2) is 8.29. The fraction of sp³-hybridized carbons (Fsp3) is 0.300. The Morgan fingerprint density at radius 3 is 2.73 bits per heavy atom. The highest BCUT2D eigenvalue weighted by molar-refractivity contribution is 9.10. The second-order valence-corrected chi connectivity index (χ2v) is 7.99. The fourth-order valence-electron chi connectivity index (χ4n) is 2.70. The molecule has 26 heavy (non-hydrogen) atoms. The van der Waals surface area contributed by atoms with Crippen molar-refractivity contribution in [1.29, 1.82) is 0 Å². The predicted molar refractivity (Wildman–Crippen MR) is 110 cm³/mol. The minimum atomic E-state index is -0.239. The molecule has 1 heterocycles.